The average Bonchev–Trinajstić information content (AvgIpc) is 3.04. The number of thioether (sulfide) groups is 1. The van der Waals surface area contributed by atoms with Gasteiger partial charge in [-0.25, -0.2) is 8.78 Å². The zero-order chi connectivity index (χ0) is 17.8. The molecule has 7 heteroatoms. The largest absolute Gasteiger partial charge is 0.416 e. The fourth-order valence-corrected chi connectivity index (χ4v) is 2.99. The summed E-state index contributed by atoms with van der Waals surface area (Å²) in [6.07, 6.45) is 0.500. The molecule has 0 saturated carbocycles. The van der Waals surface area contributed by atoms with Gasteiger partial charge in [0.1, 0.15) is 0 Å². The van der Waals surface area contributed by atoms with Crippen LogP contribution >= 0.6 is 11.8 Å². The number of halogens is 2. The fraction of sp³-hybridized carbons (Fsp3) is 0.167. The molecule has 25 heavy (non-hydrogen) atoms. The first-order chi connectivity index (χ1) is 12.0. The monoisotopic (exact) mass is 360 g/mol. The van der Waals surface area contributed by atoms with Crippen LogP contribution in [0.2, 0.25) is 0 Å². The molecule has 0 aliphatic carbocycles. The third kappa shape index (κ3) is 4.30. The molecule has 2 aromatic carbocycles. The first-order valence-electron chi connectivity index (χ1n) is 7.55. The van der Waals surface area contributed by atoms with Gasteiger partial charge in [-0.1, -0.05) is 42.1 Å². The molecular formula is C18H14F2N2O2S. The molecule has 0 saturated heterocycles. The zero-order valence-electron chi connectivity index (χ0n) is 13.3. The molecule has 1 aromatic heterocycles. The van der Waals surface area contributed by atoms with Gasteiger partial charge in [-0.05, 0) is 30.7 Å². The van der Waals surface area contributed by atoms with Crippen LogP contribution in [-0.2, 0) is 6.42 Å². The maximum absolute atomic E-state index is 13.3. The Hall–Kier alpha value is -2.54. The summed E-state index contributed by atoms with van der Waals surface area (Å²) < 4.78 is 31.8. The normalized spacial score (nSPS) is 12.1. The lowest BCUT2D eigenvalue weighted by Gasteiger charge is -2.07. The summed E-state index contributed by atoms with van der Waals surface area (Å²) in [6.45, 7) is 1.65. The van der Waals surface area contributed by atoms with E-state index in [1.807, 2.05) is 30.3 Å². The second kappa shape index (κ2) is 7.57. The number of Topliss-reactive ketones (excluding diaryl/α,β-unsaturated/α-hetero) is 1. The Balaban J connectivity index is 1.65. The summed E-state index contributed by atoms with van der Waals surface area (Å²) >= 11 is 1.08. The Morgan fingerprint density at radius 1 is 1.12 bits per heavy atom. The van der Waals surface area contributed by atoms with Crippen LogP contribution in [0.15, 0.2) is 58.2 Å². The van der Waals surface area contributed by atoms with Crippen LogP contribution < -0.4 is 0 Å². The Bertz CT molecular complexity index is 884. The molecule has 1 atom stereocenters. The summed E-state index contributed by atoms with van der Waals surface area (Å²) in [4.78, 5) is 12.3. The number of carbonyl (C=O) groups is 1. The highest BCUT2D eigenvalue weighted by molar-refractivity contribution is 8.00. The predicted octanol–water partition coefficient (Wildman–Crippen LogP) is 4.30. The van der Waals surface area contributed by atoms with Crippen molar-refractivity contribution in [3.8, 4) is 0 Å². The molecule has 4 nitrogen and oxygen atoms in total. The van der Waals surface area contributed by atoms with Crippen LogP contribution in [0.4, 0.5) is 8.78 Å². The van der Waals surface area contributed by atoms with Gasteiger partial charge >= 0.3 is 0 Å². The number of hydrogen-bond donors (Lipinski definition) is 0. The van der Waals surface area contributed by atoms with Crippen molar-refractivity contribution in [2.45, 2.75) is 23.8 Å². The van der Waals surface area contributed by atoms with E-state index in [9.17, 15) is 13.6 Å². The van der Waals surface area contributed by atoms with E-state index in [1.54, 1.807) is 6.92 Å². The highest BCUT2D eigenvalue weighted by Crippen LogP contribution is 2.25. The van der Waals surface area contributed by atoms with Crippen LogP contribution in [0.5, 0.6) is 0 Å². The van der Waals surface area contributed by atoms with Gasteiger partial charge in [0.2, 0.25) is 5.89 Å². The SMILES string of the molecule is CC(Sc1nnc(Cc2ccccc2)o1)C(=O)c1ccc(F)c(F)c1. The number of ketones is 1. The quantitative estimate of drug-likeness (QED) is 0.484. The van der Waals surface area contributed by atoms with Gasteiger partial charge in [-0.15, -0.1) is 10.2 Å². The van der Waals surface area contributed by atoms with Crippen molar-refractivity contribution < 1.29 is 18.0 Å². The van der Waals surface area contributed by atoms with Crippen molar-refractivity contribution in [3.63, 3.8) is 0 Å². The van der Waals surface area contributed by atoms with E-state index in [1.165, 1.54) is 6.07 Å². The highest BCUT2D eigenvalue weighted by Gasteiger charge is 2.21. The number of carbonyl (C=O) groups excluding carboxylic acids is 1. The van der Waals surface area contributed by atoms with Crippen molar-refractivity contribution in [1.82, 2.24) is 10.2 Å². The third-order valence-electron chi connectivity index (χ3n) is 3.50. The molecule has 1 heterocycles. The first kappa shape index (κ1) is 17.3. The van der Waals surface area contributed by atoms with E-state index in [4.69, 9.17) is 4.42 Å². The third-order valence-corrected chi connectivity index (χ3v) is 4.43. The Morgan fingerprint density at radius 2 is 1.88 bits per heavy atom. The molecule has 0 aliphatic heterocycles. The molecule has 0 amide bonds. The lowest BCUT2D eigenvalue weighted by Crippen LogP contribution is -2.14. The van der Waals surface area contributed by atoms with E-state index >= 15 is 0 Å². The molecular weight excluding hydrogens is 346 g/mol. The van der Waals surface area contributed by atoms with Crippen LogP contribution in [0.25, 0.3) is 0 Å². The Labute approximate surface area is 147 Å². The van der Waals surface area contributed by atoms with Crippen LogP contribution in [-0.4, -0.2) is 21.2 Å². The van der Waals surface area contributed by atoms with Crippen molar-refractivity contribution >= 4 is 17.5 Å². The summed E-state index contributed by atoms with van der Waals surface area (Å²) in [5, 5.41) is 7.57. The molecule has 3 rings (SSSR count). The lowest BCUT2D eigenvalue weighted by atomic mass is 10.1. The molecule has 3 aromatic rings. The van der Waals surface area contributed by atoms with Gasteiger partial charge in [0, 0.05) is 5.56 Å². The summed E-state index contributed by atoms with van der Waals surface area (Å²) in [6, 6.07) is 12.7. The summed E-state index contributed by atoms with van der Waals surface area (Å²) in [5.41, 5.74) is 1.14. The summed E-state index contributed by atoms with van der Waals surface area (Å²) in [7, 11) is 0. The molecule has 0 fully saturated rings. The molecule has 1 unspecified atom stereocenters. The molecule has 128 valence electrons. The number of nitrogens with zero attached hydrogens (tertiary/aromatic N) is 2. The molecule has 0 N–H and O–H groups in total. The van der Waals surface area contributed by atoms with E-state index < -0.39 is 16.9 Å². The summed E-state index contributed by atoms with van der Waals surface area (Å²) in [5.74, 6) is -1.93. The maximum Gasteiger partial charge on any atom is 0.277 e. The Kier molecular flexibility index (Phi) is 5.23. The van der Waals surface area contributed by atoms with Crippen molar-refractivity contribution in [3.05, 3.63) is 77.2 Å². The van der Waals surface area contributed by atoms with Gasteiger partial charge < -0.3 is 4.42 Å². The van der Waals surface area contributed by atoms with E-state index in [-0.39, 0.29) is 16.6 Å². The first-order valence-corrected chi connectivity index (χ1v) is 8.43. The minimum Gasteiger partial charge on any atom is -0.416 e. The smallest absolute Gasteiger partial charge is 0.277 e. The highest BCUT2D eigenvalue weighted by atomic mass is 32.2. The Morgan fingerprint density at radius 3 is 2.60 bits per heavy atom. The minimum atomic E-state index is -1.05. The second-order valence-corrected chi connectivity index (χ2v) is 6.67. The second-order valence-electron chi connectivity index (χ2n) is 5.38. The number of aromatic nitrogens is 2. The fourth-order valence-electron chi connectivity index (χ4n) is 2.22. The molecule has 0 spiro atoms. The van der Waals surface area contributed by atoms with Crippen LogP contribution in [0, 0.1) is 11.6 Å². The zero-order valence-corrected chi connectivity index (χ0v) is 14.1. The minimum absolute atomic E-state index is 0.0999. The number of benzene rings is 2. The van der Waals surface area contributed by atoms with Crippen LogP contribution in [0.3, 0.4) is 0 Å². The number of rotatable bonds is 6. The van der Waals surface area contributed by atoms with Gasteiger partial charge in [-0.3, -0.25) is 4.79 Å². The van der Waals surface area contributed by atoms with Gasteiger partial charge in [-0.2, -0.15) is 0 Å². The van der Waals surface area contributed by atoms with E-state index in [0.29, 0.717) is 12.3 Å². The number of hydrogen-bond acceptors (Lipinski definition) is 5. The van der Waals surface area contributed by atoms with E-state index in [0.717, 1.165) is 29.5 Å². The molecule has 0 aliphatic rings. The topological polar surface area (TPSA) is 56.0 Å². The standard InChI is InChI=1S/C18H14F2N2O2S/c1-11(17(23)13-7-8-14(19)15(20)10-13)25-18-22-21-16(24-18)9-12-5-3-2-4-6-12/h2-8,10-11H,9H2,1H3. The van der Waals surface area contributed by atoms with Crippen molar-refractivity contribution in [2.24, 2.45) is 0 Å². The maximum atomic E-state index is 13.3. The molecule has 0 radical (unpaired) electrons. The van der Waals surface area contributed by atoms with E-state index in [2.05, 4.69) is 10.2 Å². The predicted molar refractivity (Wildman–Crippen MR) is 89.6 cm³/mol. The van der Waals surface area contributed by atoms with Gasteiger partial charge in [0.15, 0.2) is 17.4 Å². The van der Waals surface area contributed by atoms with Gasteiger partial charge in [0.05, 0.1) is 11.7 Å². The lowest BCUT2D eigenvalue weighted by molar-refractivity contribution is 0.0993. The van der Waals surface area contributed by atoms with Crippen LogP contribution in [0.1, 0.15) is 28.7 Å². The van der Waals surface area contributed by atoms with Crippen molar-refractivity contribution in [1.29, 1.82) is 0 Å². The van der Waals surface area contributed by atoms with Gasteiger partial charge in [0.25, 0.3) is 5.22 Å². The molecule has 0 bridgehead atoms. The average molecular weight is 360 g/mol. The van der Waals surface area contributed by atoms with Crippen molar-refractivity contribution in [2.75, 3.05) is 0 Å².